The Morgan fingerprint density at radius 2 is 1.90 bits per heavy atom. The standard InChI is InChI=1S/C24H20FN3O3/c1-15-9-18(16(2)28(15)21-6-4-20(25)5-7-21)11-19(12-26)24(29)27-13-17-3-8-22-23(10-17)31-14-30-22/h3-11H,13-14H2,1-2H3,(H,27,29)/b19-11+. The van der Waals surface area contributed by atoms with Crippen molar-refractivity contribution in [2.45, 2.75) is 20.4 Å². The van der Waals surface area contributed by atoms with Crippen molar-refractivity contribution in [2.75, 3.05) is 6.79 Å². The zero-order valence-corrected chi connectivity index (χ0v) is 17.1. The fourth-order valence-electron chi connectivity index (χ4n) is 3.55. The van der Waals surface area contributed by atoms with Crippen LogP contribution in [0, 0.1) is 31.0 Å². The molecule has 1 aliphatic heterocycles. The number of fused-ring (bicyclic) bond motifs is 1. The summed E-state index contributed by atoms with van der Waals surface area (Å²) < 4.78 is 25.8. The Labute approximate surface area is 179 Å². The number of rotatable bonds is 5. The lowest BCUT2D eigenvalue weighted by atomic mass is 10.1. The van der Waals surface area contributed by atoms with E-state index in [1.807, 2.05) is 36.6 Å². The quantitative estimate of drug-likeness (QED) is 0.499. The summed E-state index contributed by atoms with van der Waals surface area (Å²) >= 11 is 0. The van der Waals surface area contributed by atoms with Gasteiger partial charge in [0.2, 0.25) is 6.79 Å². The fraction of sp³-hybridized carbons (Fsp3) is 0.167. The first-order chi connectivity index (χ1) is 15.0. The summed E-state index contributed by atoms with van der Waals surface area (Å²) in [5.41, 5.74) is 4.15. The molecule has 156 valence electrons. The predicted octanol–water partition coefficient (Wildman–Crippen LogP) is 4.19. The number of hydrogen-bond acceptors (Lipinski definition) is 4. The number of amides is 1. The van der Waals surface area contributed by atoms with Crippen molar-refractivity contribution in [3.05, 3.63) is 82.4 Å². The summed E-state index contributed by atoms with van der Waals surface area (Å²) in [6.45, 7) is 4.24. The van der Waals surface area contributed by atoms with E-state index in [4.69, 9.17) is 9.47 Å². The maximum Gasteiger partial charge on any atom is 0.262 e. The van der Waals surface area contributed by atoms with E-state index in [1.54, 1.807) is 30.3 Å². The molecule has 4 rings (SSSR count). The molecule has 0 saturated heterocycles. The first kappa shape index (κ1) is 20.2. The molecule has 0 radical (unpaired) electrons. The van der Waals surface area contributed by atoms with Crippen LogP contribution in [0.1, 0.15) is 22.5 Å². The summed E-state index contributed by atoms with van der Waals surface area (Å²) in [6, 6.07) is 15.5. The number of halogens is 1. The van der Waals surface area contributed by atoms with Crippen molar-refractivity contribution in [3.8, 4) is 23.3 Å². The molecule has 1 amide bonds. The van der Waals surface area contributed by atoms with Gasteiger partial charge in [0.1, 0.15) is 17.5 Å². The van der Waals surface area contributed by atoms with E-state index in [1.165, 1.54) is 12.1 Å². The number of hydrogen-bond donors (Lipinski definition) is 1. The minimum Gasteiger partial charge on any atom is -0.454 e. The number of nitrogens with zero attached hydrogens (tertiary/aromatic N) is 2. The van der Waals surface area contributed by atoms with Crippen molar-refractivity contribution in [3.63, 3.8) is 0 Å². The maximum absolute atomic E-state index is 13.3. The van der Waals surface area contributed by atoms with Gasteiger partial charge in [0.25, 0.3) is 5.91 Å². The minimum absolute atomic E-state index is 0.0000921. The maximum atomic E-state index is 13.3. The van der Waals surface area contributed by atoms with Gasteiger partial charge >= 0.3 is 0 Å². The van der Waals surface area contributed by atoms with Crippen LogP contribution in [-0.4, -0.2) is 17.3 Å². The van der Waals surface area contributed by atoms with Crippen LogP contribution in [0.2, 0.25) is 0 Å². The Balaban J connectivity index is 1.53. The van der Waals surface area contributed by atoms with Gasteiger partial charge < -0.3 is 19.4 Å². The molecular formula is C24H20FN3O3. The third kappa shape index (κ3) is 4.14. The van der Waals surface area contributed by atoms with Crippen LogP contribution in [0.3, 0.4) is 0 Å². The highest BCUT2D eigenvalue weighted by Crippen LogP contribution is 2.32. The van der Waals surface area contributed by atoms with Crippen LogP contribution in [0.25, 0.3) is 11.8 Å². The molecule has 0 saturated carbocycles. The van der Waals surface area contributed by atoms with Crippen molar-refractivity contribution in [2.24, 2.45) is 0 Å². The number of ether oxygens (including phenoxy) is 2. The largest absolute Gasteiger partial charge is 0.454 e. The minimum atomic E-state index is -0.466. The van der Waals surface area contributed by atoms with Gasteiger partial charge in [-0.25, -0.2) is 4.39 Å². The Hall–Kier alpha value is -4.05. The molecule has 1 aromatic heterocycles. The van der Waals surface area contributed by atoms with Gasteiger partial charge in [-0.3, -0.25) is 4.79 Å². The molecule has 31 heavy (non-hydrogen) atoms. The first-order valence-corrected chi connectivity index (χ1v) is 9.69. The second-order valence-electron chi connectivity index (χ2n) is 7.18. The van der Waals surface area contributed by atoms with Crippen LogP contribution >= 0.6 is 0 Å². The Morgan fingerprint density at radius 1 is 1.16 bits per heavy atom. The lowest BCUT2D eigenvalue weighted by Gasteiger charge is -2.09. The third-order valence-electron chi connectivity index (χ3n) is 5.11. The van der Waals surface area contributed by atoms with Gasteiger partial charge in [0.15, 0.2) is 11.5 Å². The van der Waals surface area contributed by atoms with E-state index < -0.39 is 5.91 Å². The fourth-order valence-corrected chi connectivity index (χ4v) is 3.55. The number of carbonyl (C=O) groups excluding carboxylic acids is 1. The van der Waals surface area contributed by atoms with Gasteiger partial charge in [-0.1, -0.05) is 6.07 Å². The van der Waals surface area contributed by atoms with Crippen LogP contribution in [0.4, 0.5) is 4.39 Å². The van der Waals surface area contributed by atoms with E-state index in [0.29, 0.717) is 11.5 Å². The number of carbonyl (C=O) groups is 1. The number of aryl methyl sites for hydroxylation is 1. The highest BCUT2D eigenvalue weighted by Gasteiger charge is 2.16. The monoisotopic (exact) mass is 417 g/mol. The Bertz CT molecular complexity index is 1220. The topological polar surface area (TPSA) is 76.3 Å². The normalized spacial score (nSPS) is 12.5. The molecule has 3 aromatic rings. The average molecular weight is 417 g/mol. The zero-order valence-electron chi connectivity index (χ0n) is 17.1. The smallest absolute Gasteiger partial charge is 0.262 e. The van der Waals surface area contributed by atoms with Crippen LogP contribution in [0.15, 0.2) is 54.1 Å². The number of aromatic nitrogens is 1. The zero-order chi connectivity index (χ0) is 22.0. The van der Waals surface area contributed by atoms with Crippen LogP contribution in [-0.2, 0) is 11.3 Å². The molecule has 1 aliphatic rings. The van der Waals surface area contributed by atoms with E-state index in [2.05, 4.69) is 5.32 Å². The van der Waals surface area contributed by atoms with Crippen molar-refractivity contribution < 1.29 is 18.7 Å². The molecule has 0 aliphatic carbocycles. The molecular weight excluding hydrogens is 397 g/mol. The van der Waals surface area contributed by atoms with Crippen LogP contribution in [0.5, 0.6) is 11.5 Å². The summed E-state index contributed by atoms with van der Waals surface area (Å²) in [6.07, 6.45) is 1.57. The van der Waals surface area contributed by atoms with Crippen molar-refractivity contribution in [1.29, 1.82) is 5.26 Å². The van der Waals surface area contributed by atoms with Gasteiger partial charge in [0, 0.05) is 23.6 Å². The predicted molar refractivity (Wildman–Crippen MR) is 113 cm³/mol. The van der Waals surface area contributed by atoms with Gasteiger partial charge in [0.05, 0.1) is 0 Å². The highest BCUT2D eigenvalue weighted by atomic mass is 19.1. The van der Waals surface area contributed by atoms with Gasteiger partial charge in [-0.2, -0.15) is 5.26 Å². The molecule has 2 heterocycles. The lowest BCUT2D eigenvalue weighted by Crippen LogP contribution is -2.23. The number of nitrogens with one attached hydrogen (secondary N) is 1. The molecule has 2 aromatic carbocycles. The van der Waals surface area contributed by atoms with Crippen LogP contribution < -0.4 is 14.8 Å². The molecule has 1 N–H and O–H groups in total. The SMILES string of the molecule is Cc1cc(/C=C(\C#N)C(=O)NCc2ccc3c(c2)OCO3)c(C)n1-c1ccc(F)cc1. The summed E-state index contributed by atoms with van der Waals surface area (Å²) in [4.78, 5) is 12.6. The molecule has 0 atom stereocenters. The van der Waals surface area contributed by atoms with E-state index in [9.17, 15) is 14.4 Å². The van der Waals surface area contributed by atoms with E-state index in [0.717, 1.165) is 28.2 Å². The summed E-state index contributed by atoms with van der Waals surface area (Å²) in [5, 5.41) is 12.3. The number of benzene rings is 2. The Kier molecular flexibility index (Phi) is 5.46. The van der Waals surface area contributed by atoms with E-state index >= 15 is 0 Å². The highest BCUT2D eigenvalue weighted by molar-refractivity contribution is 6.01. The second kappa shape index (κ2) is 8.36. The summed E-state index contributed by atoms with van der Waals surface area (Å²) in [5.74, 6) is 0.532. The van der Waals surface area contributed by atoms with Crippen molar-refractivity contribution in [1.82, 2.24) is 9.88 Å². The van der Waals surface area contributed by atoms with Gasteiger partial charge in [-0.05, 0) is 73.5 Å². The molecule has 0 fully saturated rings. The van der Waals surface area contributed by atoms with Gasteiger partial charge in [-0.15, -0.1) is 0 Å². The molecule has 0 unspecified atom stereocenters. The Morgan fingerprint density at radius 3 is 2.65 bits per heavy atom. The molecule has 6 nitrogen and oxygen atoms in total. The van der Waals surface area contributed by atoms with E-state index in [-0.39, 0.29) is 24.7 Å². The lowest BCUT2D eigenvalue weighted by molar-refractivity contribution is -0.117. The van der Waals surface area contributed by atoms with Crippen molar-refractivity contribution >= 4 is 12.0 Å². The third-order valence-corrected chi connectivity index (χ3v) is 5.11. The summed E-state index contributed by atoms with van der Waals surface area (Å²) in [7, 11) is 0. The molecule has 7 heteroatoms. The molecule has 0 bridgehead atoms. The first-order valence-electron chi connectivity index (χ1n) is 9.69. The molecule has 0 spiro atoms. The second-order valence-corrected chi connectivity index (χ2v) is 7.18. The average Bonchev–Trinajstić information content (AvgIpc) is 3.34. The number of nitriles is 1.